The zero-order valence-corrected chi connectivity index (χ0v) is 21.7. The fourth-order valence-corrected chi connectivity index (χ4v) is 5.85. The highest BCUT2D eigenvalue weighted by Crippen LogP contribution is 2.27. The van der Waals surface area contributed by atoms with Crippen LogP contribution < -0.4 is 0 Å². The molecule has 3 amide bonds. The van der Waals surface area contributed by atoms with Crippen molar-refractivity contribution in [2.24, 2.45) is 17.8 Å². The highest BCUT2D eigenvalue weighted by atomic mass is 16.4. The maximum atomic E-state index is 13.7. The lowest BCUT2D eigenvalue weighted by Crippen LogP contribution is -2.64. The Balaban J connectivity index is 1.63. The van der Waals surface area contributed by atoms with Gasteiger partial charge in [-0.15, -0.1) is 0 Å². The molecular formula is C26H46N4O4. The van der Waals surface area contributed by atoms with Gasteiger partial charge in [-0.3, -0.25) is 14.5 Å². The summed E-state index contributed by atoms with van der Waals surface area (Å²) in [5.41, 5.74) is 0. The van der Waals surface area contributed by atoms with E-state index in [0.29, 0.717) is 18.8 Å². The van der Waals surface area contributed by atoms with Gasteiger partial charge in [0.2, 0.25) is 11.8 Å². The highest BCUT2D eigenvalue weighted by Gasteiger charge is 2.43. The van der Waals surface area contributed by atoms with Gasteiger partial charge in [0.15, 0.2) is 0 Å². The molecule has 1 N–H and O–H groups in total. The van der Waals surface area contributed by atoms with Crippen LogP contribution in [-0.2, 0) is 9.59 Å². The predicted molar refractivity (Wildman–Crippen MR) is 133 cm³/mol. The topological polar surface area (TPSA) is 84.4 Å². The van der Waals surface area contributed by atoms with Crippen molar-refractivity contribution in [3.05, 3.63) is 0 Å². The average molecular weight is 479 g/mol. The number of nitrogens with zero attached hydrogens (tertiary/aromatic N) is 4. The quantitative estimate of drug-likeness (QED) is 0.549. The summed E-state index contributed by atoms with van der Waals surface area (Å²) in [7, 11) is 0. The number of carbonyl (C=O) groups is 3. The number of rotatable bonds is 9. The van der Waals surface area contributed by atoms with Crippen molar-refractivity contribution in [3.8, 4) is 0 Å². The summed E-state index contributed by atoms with van der Waals surface area (Å²) in [6.07, 6.45) is 5.96. The Labute approximate surface area is 205 Å². The van der Waals surface area contributed by atoms with Crippen molar-refractivity contribution >= 4 is 17.9 Å². The van der Waals surface area contributed by atoms with E-state index in [4.69, 9.17) is 0 Å². The van der Waals surface area contributed by atoms with Gasteiger partial charge in [0.05, 0.1) is 0 Å². The van der Waals surface area contributed by atoms with E-state index in [9.17, 15) is 19.5 Å². The smallest absolute Gasteiger partial charge is 0.408 e. The number of amides is 3. The molecule has 194 valence electrons. The number of carboxylic acid groups (broad SMARTS) is 1. The van der Waals surface area contributed by atoms with E-state index in [1.807, 2.05) is 18.7 Å². The minimum atomic E-state index is -1.05. The van der Waals surface area contributed by atoms with Gasteiger partial charge < -0.3 is 19.8 Å². The van der Waals surface area contributed by atoms with E-state index in [1.54, 1.807) is 4.90 Å². The minimum Gasteiger partial charge on any atom is -0.465 e. The molecule has 3 aliphatic heterocycles. The van der Waals surface area contributed by atoms with Gasteiger partial charge in [-0.25, -0.2) is 4.79 Å². The van der Waals surface area contributed by atoms with Gasteiger partial charge in [0.25, 0.3) is 0 Å². The number of likely N-dealkylation sites (tertiary alicyclic amines) is 2. The molecule has 1 unspecified atom stereocenters. The van der Waals surface area contributed by atoms with E-state index in [0.717, 1.165) is 25.9 Å². The van der Waals surface area contributed by atoms with E-state index in [1.165, 1.54) is 43.8 Å². The van der Waals surface area contributed by atoms with E-state index < -0.39 is 18.2 Å². The first-order valence-electron chi connectivity index (χ1n) is 13.5. The van der Waals surface area contributed by atoms with Gasteiger partial charge >= 0.3 is 6.09 Å². The zero-order valence-electron chi connectivity index (χ0n) is 21.7. The molecule has 3 rings (SSSR count). The number of hydrogen-bond donors (Lipinski definition) is 1. The van der Waals surface area contributed by atoms with Crippen molar-refractivity contribution < 1.29 is 19.5 Å². The van der Waals surface area contributed by atoms with E-state index in [-0.39, 0.29) is 36.7 Å². The second kappa shape index (κ2) is 12.2. The molecule has 3 aliphatic rings. The zero-order chi connectivity index (χ0) is 24.8. The molecule has 0 aromatic rings. The molecule has 0 aliphatic carbocycles. The lowest BCUT2D eigenvalue weighted by atomic mass is 9.91. The third-order valence-electron chi connectivity index (χ3n) is 7.80. The molecule has 8 heteroatoms. The molecular weight excluding hydrogens is 432 g/mol. The predicted octanol–water partition coefficient (Wildman–Crippen LogP) is 3.36. The molecule has 0 aromatic carbocycles. The number of carbonyl (C=O) groups excluding carboxylic acids is 2. The average Bonchev–Trinajstić information content (AvgIpc) is 3.30. The van der Waals surface area contributed by atoms with Crippen molar-refractivity contribution in [2.75, 3.05) is 45.8 Å². The molecule has 34 heavy (non-hydrogen) atoms. The SMILES string of the molecule is CC(C)CC1C(=O)N([C@@H](CC(C)C)C(=O)N2CCC(CCN3CCCC3)CC2)CCN1C(=O)O. The molecule has 8 nitrogen and oxygen atoms in total. The Morgan fingerprint density at radius 3 is 2.15 bits per heavy atom. The maximum absolute atomic E-state index is 13.7. The van der Waals surface area contributed by atoms with Crippen molar-refractivity contribution in [2.45, 2.75) is 84.7 Å². The minimum absolute atomic E-state index is 0.0483. The lowest BCUT2D eigenvalue weighted by molar-refractivity contribution is -0.154. The van der Waals surface area contributed by atoms with Gasteiger partial charge in [-0.05, 0) is 82.3 Å². The first kappa shape index (κ1) is 26.8. The second-order valence-electron chi connectivity index (χ2n) is 11.4. The Morgan fingerprint density at radius 1 is 0.941 bits per heavy atom. The molecule has 3 heterocycles. The van der Waals surface area contributed by atoms with Gasteiger partial charge in [0.1, 0.15) is 12.1 Å². The van der Waals surface area contributed by atoms with E-state index >= 15 is 0 Å². The highest BCUT2D eigenvalue weighted by molar-refractivity contribution is 5.92. The van der Waals surface area contributed by atoms with Crippen molar-refractivity contribution in [1.29, 1.82) is 0 Å². The first-order valence-corrected chi connectivity index (χ1v) is 13.5. The van der Waals surface area contributed by atoms with Crippen LogP contribution >= 0.6 is 0 Å². The summed E-state index contributed by atoms with van der Waals surface area (Å²) >= 11 is 0. The maximum Gasteiger partial charge on any atom is 0.408 e. The Morgan fingerprint density at radius 2 is 1.59 bits per heavy atom. The van der Waals surface area contributed by atoms with Gasteiger partial charge in [-0.2, -0.15) is 0 Å². The van der Waals surface area contributed by atoms with Crippen LogP contribution in [0.3, 0.4) is 0 Å². The Bertz CT molecular complexity index is 699. The third kappa shape index (κ3) is 6.86. The lowest BCUT2D eigenvalue weighted by Gasteiger charge is -2.44. The van der Waals surface area contributed by atoms with Gasteiger partial charge in [0, 0.05) is 26.2 Å². The van der Waals surface area contributed by atoms with E-state index in [2.05, 4.69) is 18.7 Å². The monoisotopic (exact) mass is 478 g/mol. The van der Waals surface area contributed by atoms with Crippen LogP contribution in [0.25, 0.3) is 0 Å². The fourth-order valence-electron chi connectivity index (χ4n) is 5.85. The number of piperazine rings is 1. The molecule has 0 aromatic heterocycles. The Hall–Kier alpha value is -1.83. The summed E-state index contributed by atoms with van der Waals surface area (Å²) in [5.74, 6) is 0.966. The summed E-state index contributed by atoms with van der Waals surface area (Å²) in [4.78, 5) is 46.5. The molecule has 3 fully saturated rings. The van der Waals surface area contributed by atoms with Crippen LogP contribution in [0.5, 0.6) is 0 Å². The molecule has 0 bridgehead atoms. The van der Waals surface area contributed by atoms with Crippen LogP contribution in [0.2, 0.25) is 0 Å². The second-order valence-corrected chi connectivity index (χ2v) is 11.4. The van der Waals surface area contributed by atoms with Gasteiger partial charge in [-0.1, -0.05) is 27.7 Å². The normalized spacial score (nSPS) is 23.9. The van der Waals surface area contributed by atoms with Crippen molar-refractivity contribution in [3.63, 3.8) is 0 Å². The van der Waals surface area contributed by atoms with Crippen LogP contribution in [0, 0.1) is 17.8 Å². The number of piperidine rings is 1. The summed E-state index contributed by atoms with van der Waals surface area (Å²) in [6.45, 7) is 13.9. The van der Waals surface area contributed by atoms with Crippen LogP contribution in [0.15, 0.2) is 0 Å². The van der Waals surface area contributed by atoms with Crippen molar-refractivity contribution in [1.82, 2.24) is 19.6 Å². The molecule has 0 radical (unpaired) electrons. The fraction of sp³-hybridized carbons (Fsp3) is 0.885. The molecule has 0 saturated carbocycles. The Kier molecular flexibility index (Phi) is 9.63. The molecule has 0 spiro atoms. The first-order chi connectivity index (χ1) is 16.2. The summed E-state index contributed by atoms with van der Waals surface area (Å²) < 4.78 is 0. The number of hydrogen-bond acceptors (Lipinski definition) is 4. The summed E-state index contributed by atoms with van der Waals surface area (Å²) in [6, 6.07) is -1.20. The largest absolute Gasteiger partial charge is 0.465 e. The van der Waals surface area contributed by atoms with Crippen LogP contribution in [0.1, 0.15) is 72.6 Å². The van der Waals surface area contributed by atoms with Crippen LogP contribution in [-0.4, -0.2) is 101 Å². The van der Waals surface area contributed by atoms with Crippen LogP contribution in [0.4, 0.5) is 4.79 Å². The third-order valence-corrected chi connectivity index (χ3v) is 7.80. The summed E-state index contributed by atoms with van der Waals surface area (Å²) in [5, 5.41) is 9.64. The molecule has 3 saturated heterocycles. The molecule has 2 atom stereocenters. The standard InChI is InChI=1S/C26H46N4O4/c1-19(2)17-22(29-15-16-30(26(33)34)23(25(29)32)18-20(3)4)24(31)28-13-8-21(9-14-28)7-12-27-10-5-6-11-27/h19-23H,5-18H2,1-4H3,(H,33,34)/t22-,23?/m0/s1.